The van der Waals surface area contributed by atoms with Crippen molar-refractivity contribution < 1.29 is 23.8 Å². The van der Waals surface area contributed by atoms with E-state index in [0.29, 0.717) is 24.7 Å². The molecule has 0 aliphatic rings. The second-order valence-electron chi connectivity index (χ2n) is 5.81. The largest absolute Gasteiger partial charge is 0.490 e. The van der Waals surface area contributed by atoms with Crippen LogP contribution in [0.3, 0.4) is 0 Å². The van der Waals surface area contributed by atoms with Crippen molar-refractivity contribution in [3.63, 3.8) is 0 Å². The molecular formula is C21H24N2O5S. The Balaban J connectivity index is 1.77. The molecule has 0 aliphatic heterocycles. The van der Waals surface area contributed by atoms with Crippen LogP contribution in [0.25, 0.3) is 0 Å². The van der Waals surface area contributed by atoms with Gasteiger partial charge in [-0.15, -0.1) is 0 Å². The highest BCUT2D eigenvalue weighted by molar-refractivity contribution is 7.80. The second-order valence-corrected chi connectivity index (χ2v) is 6.22. The molecule has 2 aromatic carbocycles. The normalized spacial score (nSPS) is 9.97. The highest BCUT2D eigenvalue weighted by atomic mass is 32.1. The SMILES string of the molecule is CCOC(=O)CCC(=O)NC(=S)Nc1ccccc1OCCOc1ccccc1. The average molecular weight is 416 g/mol. The van der Waals surface area contributed by atoms with Gasteiger partial charge in [-0.05, 0) is 43.4 Å². The summed E-state index contributed by atoms with van der Waals surface area (Å²) in [6.07, 6.45) is -0.000968. The first-order chi connectivity index (χ1) is 14.1. The van der Waals surface area contributed by atoms with Crippen LogP contribution in [0.15, 0.2) is 54.6 Å². The highest BCUT2D eigenvalue weighted by Crippen LogP contribution is 2.23. The van der Waals surface area contributed by atoms with E-state index in [1.54, 1.807) is 19.1 Å². The smallest absolute Gasteiger partial charge is 0.306 e. The van der Waals surface area contributed by atoms with Crippen LogP contribution in [0, 0.1) is 0 Å². The molecule has 0 atom stereocenters. The monoisotopic (exact) mass is 416 g/mol. The summed E-state index contributed by atoms with van der Waals surface area (Å²) >= 11 is 5.16. The number of para-hydroxylation sites is 3. The van der Waals surface area contributed by atoms with Gasteiger partial charge in [0.15, 0.2) is 5.11 Å². The molecule has 0 saturated heterocycles. The van der Waals surface area contributed by atoms with Crippen LogP contribution < -0.4 is 20.1 Å². The summed E-state index contributed by atoms with van der Waals surface area (Å²) in [5.74, 6) is 0.560. The number of ether oxygens (including phenoxy) is 3. The first-order valence-corrected chi connectivity index (χ1v) is 9.65. The molecule has 1 amide bonds. The molecule has 29 heavy (non-hydrogen) atoms. The number of hydrogen-bond donors (Lipinski definition) is 2. The molecule has 7 nitrogen and oxygen atoms in total. The summed E-state index contributed by atoms with van der Waals surface area (Å²) < 4.78 is 16.1. The molecule has 2 rings (SSSR count). The van der Waals surface area contributed by atoms with Gasteiger partial charge in [-0.2, -0.15) is 0 Å². The summed E-state index contributed by atoms with van der Waals surface area (Å²) in [6.45, 7) is 2.72. The van der Waals surface area contributed by atoms with Crippen molar-refractivity contribution in [2.45, 2.75) is 19.8 Å². The van der Waals surface area contributed by atoms with Gasteiger partial charge in [-0.3, -0.25) is 9.59 Å². The lowest BCUT2D eigenvalue weighted by Crippen LogP contribution is -2.34. The van der Waals surface area contributed by atoms with E-state index in [2.05, 4.69) is 10.6 Å². The summed E-state index contributed by atoms with van der Waals surface area (Å²) in [5.41, 5.74) is 0.614. The van der Waals surface area contributed by atoms with Gasteiger partial charge in [0.05, 0.1) is 18.7 Å². The van der Waals surface area contributed by atoms with E-state index in [9.17, 15) is 9.59 Å². The molecule has 2 N–H and O–H groups in total. The number of amides is 1. The third-order valence-electron chi connectivity index (χ3n) is 3.60. The summed E-state index contributed by atoms with van der Waals surface area (Å²) in [4.78, 5) is 23.2. The zero-order valence-corrected chi connectivity index (χ0v) is 17.0. The van der Waals surface area contributed by atoms with Crippen LogP contribution in [0.5, 0.6) is 11.5 Å². The van der Waals surface area contributed by atoms with Crippen LogP contribution in [0.4, 0.5) is 5.69 Å². The van der Waals surface area contributed by atoms with Crippen LogP contribution in [-0.2, 0) is 14.3 Å². The highest BCUT2D eigenvalue weighted by Gasteiger charge is 2.11. The van der Waals surface area contributed by atoms with E-state index in [1.165, 1.54) is 0 Å². The van der Waals surface area contributed by atoms with Crippen molar-refractivity contribution in [2.75, 3.05) is 25.1 Å². The Morgan fingerprint density at radius 1 is 0.931 bits per heavy atom. The number of esters is 1. The number of hydrogen-bond acceptors (Lipinski definition) is 6. The number of benzene rings is 2. The zero-order valence-electron chi connectivity index (χ0n) is 16.2. The van der Waals surface area contributed by atoms with Crippen LogP contribution in [-0.4, -0.2) is 36.8 Å². The van der Waals surface area contributed by atoms with Crippen molar-refractivity contribution in [2.24, 2.45) is 0 Å². The Bertz CT molecular complexity index is 814. The predicted octanol–water partition coefficient (Wildman–Crippen LogP) is 3.30. The van der Waals surface area contributed by atoms with Gasteiger partial charge >= 0.3 is 5.97 Å². The molecule has 2 aromatic rings. The third-order valence-corrected chi connectivity index (χ3v) is 3.81. The molecule has 0 aromatic heterocycles. The molecular weight excluding hydrogens is 392 g/mol. The standard InChI is InChI=1S/C21H24N2O5S/c1-2-26-20(25)13-12-19(24)23-21(29)22-17-10-6-7-11-18(17)28-15-14-27-16-8-4-3-5-9-16/h3-11H,2,12-15H2,1H3,(H2,22,23,24,29). The minimum absolute atomic E-state index is 0.00337. The molecule has 0 unspecified atom stereocenters. The third kappa shape index (κ3) is 8.61. The summed E-state index contributed by atoms with van der Waals surface area (Å²) in [7, 11) is 0. The van der Waals surface area contributed by atoms with Crippen LogP contribution in [0.2, 0.25) is 0 Å². The Hall–Kier alpha value is -3.13. The maximum Gasteiger partial charge on any atom is 0.306 e. The van der Waals surface area contributed by atoms with E-state index in [0.717, 1.165) is 5.75 Å². The number of rotatable bonds is 10. The lowest BCUT2D eigenvalue weighted by molar-refractivity contribution is -0.144. The van der Waals surface area contributed by atoms with Crippen molar-refractivity contribution in [1.82, 2.24) is 5.32 Å². The molecule has 0 bridgehead atoms. The molecule has 154 valence electrons. The minimum Gasteiger partial charge on any atom is -0.490 e. The van der Waals surface area contributed by atoms with Crippen molar-refractivity contribution >= 4 is 34.9 Å². The van der Waals surface area contributed by atoms with E-state index >= 15 is 0 Å². The van der Waals surface area contributed by atoms with Gasteiger partial charge in [0.2, 0.25) is 5.91 Å². The number of thiocarbonyl (C=S) groups is 1. The Morgan fingerprint density at radius 3 is 2.38 bits per heavy atom. The molecule has 0 aliphatic carbocycles. The average Bonchev–Trinajstić information content (AvgIpc) is 2.72. The first kappa shape index (κ1) is 22.2. The quantitative estimate of drug-likeness (QED) is 0.349. The van der Waals surface area contributed by atoms with Gasteiger partial charge < -0.3 is 24.8 Å². The second kappa shape index (κ2) is 12.4. The van der Waals surface area contributed by atoms with Crippen LogP contribution in [0.1, 0.15) is 19.8 Å². The molecule has 0 spiro atoms. The van der Waals surface area contributed by atoms with E-state index in [1.807, 2.05) is 42.5 Å². The fourth-order valence-corrected chi connectivity index (χ4v) is 2.54. The Kier molecular flexibility index (Phi) is 9.44. The molecule has 0 saturated carbocycles. The zero-order chi connectivity index (χ0) is 20.9. The van der Waals surface area contributed by atoms with Crippen molar-refractivity contribution in [1.29, 1.82) is 0 Å². The Morgan fingerprint density at radius 2 is 1.62 bits per heavy atom. The van der Waals surface area contributed by atoms with Crippen molar-refractivity contribution in [3.8, 4) is 11.5 Å². The first-order valence-electron chi connectivity index (χ1n) is 9.24. The fourth-order valence-electron chi connectivity index (χ4n) is 2.32. The number of nitrogens with one attached hydrogen (secondary N) is 2. The molecule has 0 heterocycles. The minimum atomic E-state index is -0.419. The number of carbonyl (C=O) groups is 2. The van der Waals surface area contributed by atoms with Gasteiger partial charge in [-0.25, -0.2) is 0 Å². The number of anilines is 1. The lowest BCUT2D eigenvalue weighted by Gasteiger charge is -2.14. The maximum absolute atomic E-state index is 11.9. The van der Waals surface area contributed by atoms with Crippen molar-refractivity contribution in [3.05, 3.63) is 54.6 Å². The molecule has 8 heteroatoms. The molecule has 0 radical (unpaired) electrons. The summed E-state index contributed by atoms with van der Waals surface area (Å²) in [5, 5.41) is 5.59. The van der Waals surface area contributed by atoms with E-state index in [-0.39, 0.29) is 30.5 Å². The molecule has 0 fully saturated rings. The summed E-state index contributed by atoms with van der Waals surface area (Å²) in [6, 6.07) is 16.7. The predicted molar refractivity (Wildman–Crippen MR) is 114 cm³/mol. The fraction of sp³-hybridized carbons (Fsp3) is 0.286. The van der Waals surface area contributed by atoms with Crippen LogP contribution >= 0.6 is 12.2 Å². The Labute approximate surface area is 175 Å². The van der Waals surface area contributed by atoms with Gasteiger partial charge in [-0.1, -0.05) is 30.3 Å². The maximum atomic E-state index is 11.9. The van der Waals surface area contributed by atoms with Gasteiger partial charge in [0.1, 0.15) is 24.7 Å². The van der Waals surface area contributed by atoms with Gasteiger partial charge in [0.25, 0.3) is 0 Å². The number of carbonyl (C=O) groups excluding carboxylic acids is 2. The topological polar surface area (TPSA) is 85.9 Å². The van der Waals surface area contributed by atoms with E-state index < -0.39 is 5.97 Å². The van der Waals surface area contributed by atoms with E-state index in [4.69, 9.17) is 26.4 Å². The lowest BCUT2D eigenvalue weighted by atomic mass is 10.3. The van der Waals surface area contributed by atoms with Gasteiger partial charge in [0, 0.05) is 6.42 Å².